The average Bonchev–Trinajstić information content (AvgIpc) is 2.97. The van der Waals surface area contributed by atoms with Crippen LogP contribution in [-0.2, 0) is 11.2 Å². The second-order valence-corrected chi connectivity index (χ2v) is 11.7. The molecule has 40 heavy (non-hydrogen) atoms. The van der Waals surface area contributed by atoms with Crippen molar-refractivity contribution in [3.63, 3.8) is 0 Å². The summed E-state index contributed by atoms with van der Waals surface area (Å²) in [5.41, 5.74) is 4.86. The molecule has 2 aliphatic rings. The van der Waals surface area contributed by atoms with Crippen molar-refractivity contribution in [2.45, 2.75) is 45.1 Å². The highest BCUT2D eigenvalue weighted by molar-refractivity contribution is 14.2. The van der Waals surface area contributed by atoms with Crippen LogP contribution in [0.1, 0.15) is 38.2 Å². The van der Waals surface area contributed by atoms with Crippen molar-refractivity contribution in [1.29, 1.82) is 0 Å². The largest absolute Gasteiger partial charge is 0.333 e. The van der Waals surface area contributed by atoms with E-state index in [1.807, 2.05) is 24.3 Å². The second-order valence-electron chi connectivity index (χ2n) is 9.84. The average molecular weight is 659 g/mol. The number of amides is 1. The van der Waals surface area contributed by atoms with E-state index < -0.39 is 11.4 Å². The fourth-order valence-electron chi connectivity index (χ4n) is 4.76. The van der Waals surface area contributed by atoms with Crippen LogP contribution in [0.5, 0.6) is 0 Å². The van der Waals surface area contributed by atoms with Crippen LogP contribution in [0.4, 0.5) is 21.6 Å². The first-order valence-electron chi connectivity index (χ1n) is 13.3. The van der Waals surface area contributed by atoms with Gasteiger partial charge in [-0.3, -0.25) is 29.5 Å². The highest BCUT2D eigenvalue weighted by atomic mass is 127. The first-order chi connectivity index (χ1) is 19.5. The SMILES string of the molecule is C[C@@H]1CCCCN1CC(=O)Nc1ccc(F)c(Nc2nccn(-c3ccc(CCC4=NCI=NN4)cc3)c2=O)c1. The van der Waals surface area contributed by atoms with Gasteiger partial charge in [0.15, 0.2) is 5.82 Å². The summed E-state index contributed by atoms with van der Waals surface area (Å²) in [6, 6.07) is 12.3. The predicted octanol–water partition coefficient (Wildman–Crippen LogP) is 4.89. The zero-order chi connectivity index (χ0) is 27.9. The normalized spacial score (nSPS) is 17.4. The number of aromatic nitrogens is 2. The number of hydrogen-bond acceptors (Lipinski definition) is 8. The molecule has 2 aromatic carbocycles. The van der Waals surface area contributed by atoms with Gasteiger partial charge in [0.1, 0.15) is 16.2 Å². The number of anilines is 3. The van der Waals surface area contributed by atoms with E-state index in [0.29, 0.717) is 17.4 Å². The molecule has 0 saturated carbocycles. The highest BCUT2D eigenvalue weighted by Gasteiger charge is 2.21. The number of rotatable bonds is 9. The summed E-state index contributed by atoms with van der Waals surface area (Å²) in [6.07, 6.45) is 7.98. The Hall–Kier alpha value is -3.52. The lowest BCUT2D eigenvalue weighted by Gasteiger charge is -2.32. The van der Waals surface area contributed by atoms with E-state index in [2.05, 4.69) is 41.1 Å². The number of nitrogens with one attached hydrogen (secondary N) is 3. The summed E-state index contributed by atoms with van der Waals surface area (Å²) in [5.74, 6) is 0.164. The van der Waals surface area contributed by atoms with Gasteiger partial charge in [0.25, 0.3) is 5.56 Å². The Morgan fingerprint density at radius 2 is 2.02 bits per heavy atom. The molecule has 5 rings (SSSR count). The number of alkyl halides is 1. The first-order valence-corrected chi connectivity index (χ1v) is 15.8. The van der Waals surface area contributed by atoms with Gasteiger partial charge in [0.2, 0.25) is 5.91 Å². The number of likely N-dealkylation sites (tertiary alicyclic amines) is 1. The van der Waals surface area contributed by atoms with E-state index in [-0.39, 0.29) is 45.0 Å². The topological polar surface area (TPSA) is 116 Å². The summed E-state index contributed by atoms with van der Waals surface area (Å²) < 4.78 is 21.2. The number of amidine groups is 1. The van der Waals surface area contributed by atoms with E-state index >= 15 is 0 Å². The van der Waals surface area contributed by atoms with Crippen LogP contribution in [0.25, 0.3) is 5.69 Å². The standard InChI is InChI=1S/C28H32FIN8O2/c1-19-4-2-3-14-37(19)17-26(39)33-21-8-11-23(29)24(16-21)34-27-28(40)38(15-13-31-27)22-9-5-20(6-10-22)7-12-25-32-18-30-36-35-25/h5-6,8-11,13,15-16,19H,2-4,7,12,14,17-18H2,1H3,(H,31,34)(H,32,35)(H,33,39)/t19-/m1/s1. The number of piperidine rings is 1. The molecule has 1 saturated heterocycles. The van der Waals surface area contributed by atoms with Crippen molar-refractivity contribution in [3.8, 4) is 5.69 Å². The Morgan fingerprint density at radius 1 is 1.18 bits per heavy atom. The Kier molecular flexibility index (Phi) is 9.26. The molecule has 3 aromatic rings. The van der Waals surface area contributed by atoms with Gasteiger partial charge in [-0.15, -0.1) is 0 Å². The van der Waals surface area contributed by atoms with E-state index in [4.69, 9.17) is 0 Å². The van der Waals surface area contributed by atoms with Crippen LogP contribution in [0.3, 0.4) is 0 Å². The molecule has 210 valence electrons. The number of hydrogen-bond donors (Lipinski definition) is 3. The van der Waals surface area contributed by atoms with Gasteiger partial charge in [0.05, 0.1) is 12.2 Å². The number of aliphatic imine (C=N–C) groups is 1. The molecule has 0 radical (unpaired) electrons. The van der Waals surface area contributed by atoms with Gasteiger partial charge in [-0.2, -0.15) is 3.25 Å². The summed E-state index contributed by atoms with van der Waals surface area (Å²) in [7, 11) is 0. The van der Waals surface area contributed by atoms with E-state index in [1.54, 1.807) is 6.20 Å². The number of benzene rings is 2. The van der Waals surface area contributed by atoms with Crippen molar-refractivity contribution in [3.05, 3.63) is 76.6 Å². The number of aryl methyl sites for hydroxylation is 1. The molecule has 0 spiro atoms. The first kappa shape index (κ1) is 28.0. The summed E-state index contributed by atoms with van der Waals surface area (Å²) in [5, 5.41) is 5.66. The van der Waals surface area contributed by atoms with Gasteiger partial charge in [-0.1, -0.05) is 18.6 Å². The molecule has 12 heteroatoms. The molecule has 1 atom stereocenters. The number of nitrogens with zero attached hydrogens (tertiary/aromatic N) is 5. The lowest BCUT2D eigenvalue weighted by molar-refractivity contribution is -0.118. The smallest absolute Gasteiger partial charge is 0.298 e. The Bertz CT molecular complexity index is 1470. The molecule has 1 aromatic heterocycles. The maximum Gasteiger partial charge on any atom is 0.298 e. The maximum atomic E-state index is 14.7. The third-order valence-electron chi connectivity index (χ3n) is 7.03. The third-order valence-corrected chi connectivity index (χ3v) is 8.26. The number of carbonyl (C=O) groups excluding carboxylic acids is 1. The van der Waals surface area contributed by atoms with Crippen molar-refractivity contribution in [1.82, 2.24) is 19.9 Å². The fourth-order valence-corrected chi connectivity index (χ4v) is 5.93. The monoisotopic (exact) mass is 658 g/mol. The summed E-state index contributed by atoms with van der Waals surface area (Å²) in [6.45, 7) is 3.31. The minimum Gasteiger partial charge on any atom is -0.333 e. The van der Waals surface area contributed by atoms with Crippen LogP contribution in [0, 0.1) is 5.82 Å². The van der Waals surface area contributed by atoms with Crippen molar-refractivity contribution in [2.75, 3.05) is 28.3 Å². The molecular weight excluding hydrogens is 626 g/mol. The minimum absolute atomic E-state index is 0.0240. The Labute approximate surface area is 242 Å². The quantitative estimate of drug-likeness (QED) is 0.171. The maximum absolute atomic E-state index is 14.7. The fraction of sp³-hybridized carbons (Fsp3) is 0.357. The van der Waals surface area contributed by atoms with Crippen LogP contribution in [0.2, 0.25) is 0 Å². The van der Waals surface area contributed by atoms with Gasteiger partial charge in [0, 0.05) is 57.3 Å². The van der Waals surface area contributed by atoms with E-state index in [0.717, 1.165) is 48.2 Å². The molecule has 3 heterocycles. The highest BCUT2D eigenvalue weighted by Crippen LogP contribution is 2.23. The zero-order valence-corrected chi connectivity index (χ0v) is 24.4. The zero-order valence-electron chi connectivity index (χ0n) is 22.2. The predicted molar refractivity (Wildman–Crippen MR) is 163 cm³/mol. The molecule has 0 aliphatic carbocycles. The lowest BCUT2D eigenvalue weighted by Crippen LogP contribution is -2.42. The molecule has 10 nitrogen and oxygen atoms in total. The molecule has 1 fully saturated rings. The van der Waals surface area contributed by atoms with Crippen molar-refractivity contribution in [2.24, 2.45) is 8.25 Å². The molecular formula is C28H32FIN8O2. The van der Waals surface area contributed by atoms with Gasteiger partial charge >= 0.3 is 0 Å². The van der Waals surface area contributed by atoms with Crippen LogP contribution >= 0.6 is 21.0 Å². The Balaban J connectivity index is 1.25. The van der Waals surface area contributed by atoms with Gasteiger partial charge in [-0.25, -0.2) is 9.37 Å². The second kappa shape index (κ2) is 13.2. The molecule has 2 aliphatic heterocycles. The van der Waals surface area contributed by atoms with Crippen LogP contribution in [-0.4, -0.2) is 49.9 Å². The molecule has 3 N–H and O–H groups in total. The van der Waals surface area contributed by atoms with Crippen molar-refractivity contribution < 1.29 is 9.18 Å². The van der Waals surface area contributed by atoms with E-state index in [1.165, 1.54) is 35.4 Å². The van der Waals surface area contributed by atoms with Crippen LogP contribution < -0.4 is 21.6 Å². The molecule has 1 amide bonds. The molecule has 0 bridgehead atoms. The third kappa shape index (κ3) is 7.16. The number of halogens is 2. The molecule has 0 unspecified atom stereocenters. The van der Waals surface area contributed by atoms with Crippen molar-refractivity contribution >= 4 is 50.0 Å². The Morgan fingerprint density at radius 3 is 2.80 bits per heavy atom. The summed E-state index contributed by atoms with van der Waals surface area (Å²) in [4.78, 5) is 36.6. The van der Waals surface area contributed by atoms with Gasteiger partial charge < -0.3 is 10.6 Å². The van der Waals surface area contributed by atoms with Gasteiger partial charge in [-0.05, 0) is 68.6 Å². The van der Waals surface area contributed by atoms with E-state index in [9.17, 15) is 14.0 Å². The summed E-state index contributed by atoms with van der Waals surface area (Å²) >= 11 is -0.200. The lowest BCUT2D eigenvalue weighted by atomic mass is 10.0. The number of carbonyl (C=O) groups is 1. The minimum atomic E-state index is -0.560. The van der Waals surface area contributed by atoms with Crippen LogP contribution in [0.15, 0.2) is 67.9 Å².